The van der Waals surface area contributed by atoms with Crippen molar-refractivity contribution in [1.82, 2.24) is 10.2 Å². The first-order valence-electron chi connectivity index (χ1n) is 14.6. The molecular weight excluding hydrogens is 577 g/mol. The molecule has 1 N–H and O–H groups in total. The molecule has 7 nitrogen and oxygen atoms in total. The lowest BCUT2D eigenvalue weighted by atomic mass is 10.0. The molecule has 0 fully saturated rings. The SMILES string of the molecule is CCC(C)NC(=O)C(Cc1ccccc1)N(Cc1ccccc1)C(=O)CN(c1ccc(C)cc1)S(=O)(=O)c1ccc(F)cc1. The van der Waals surface area contributed by atoms with Gasteiger partial charge in [-0.3, -0.25) is 13.9 Å². The highest BCUT2D eigenvalue weighted by Crippen LogP contribution is 2.26. The van der Waals surface area contributed by atoms with Gasteiger partial charge in [0, 0.05) is 19.0 Å². The minimum Gasteiger partial charge on any atom is -0.352 e. The van der Waals surface area contributed by atoms with Crippen molar-refractivity contribution in [2.24, 2.45) is 0 Å². The molecule has 0 aliphatic carbocycles. The van der Waals surface area contributed by atoms with Gasteiger partial charge in [0.2, 0.25) is 11.8 Å². The summed E-state index contributed by atoms with van der Waals surface area (Å²) in [6.07, 6.45) is 0.935. The van der Waals surface area contributed by atoms with Crippen molar-refractivity contribution >= 4 is 27.5 Å². The second-order valence-corrected chi connectivity index (χ2v) is 12.7. The minimum absolute atomic E-state index is 0.0867. The number of carbonyl (C=O) groups is 2. The maximum atomic E-state index is 14.4. The monoisotopic (exact) mass is 615 g/mol. The molecule has 0 saturated carbocycles. The number of hydrogen-bond donors (Lipinski definition) is 1. The van der Waals surface area contributed by atoms with Crippen molar-refractivity contribution in [2.45, 2.75) is 57.1 Å². The molecule has 44 heavy (non-hydrogen) atoms. The van der Waals surface area contributed by atoms with Crippen LogP contribution in [0.2, 0.25) is 0 Å². The lowest BCUT2D eigenvalue weighted by Gasteiger charge is -2.34. The van der Waals surface area contributed by atoms with Crippen LogP contribution in [-0.4, -0.2) is 43.8 Å². The van der Waals surface area contributed by atoms with Gasteiger partial charge in [-0.15, -0.1) is 0 Å². The Hall–Kier alpha value is -4.50. The van der Waals surface area contributed by atoms with Crippen LogP contribution in [-0.2, 0) is 32.6 Å². The van der Waals surface area contributed by atoms with Crippen molar-refractivity contribution in [3.05, 3.63) is 132 Å². The van der Waals surface area contributed by atoms with Crippen LogP contribution >= 0.6 is 0 Å². The number of amides is 2. The van der Waals surface area contributed by atoms with Crippen LogP contribution in [0.3, 0.4) is 0 Å². The predicted molar refractivity (Wildman–Crippen MR) is 171 cm³/mol. The van der Waals surface area contributed by atoms with E-state index in [9.17, 15) is 22.4 Å². The first kappa shape index (κ1) is 32.4. The second-order valence-electron chi connectivity index (χ2n) is 10.8. The van der Waals surface area contributed by atoms with Crippen molar-refractivity contribution in [3.63, 3.8) is 0 Å². The molecule has 0 aliphatic rings. The summed E-state index contributed by atoms with van der Waals surface area (Å²) in [6.45, 7) is 5.25. The Kier molecular flexibility index (Phi) is 10.9. The maximum absolute atomic E-state index is 14.4. The number of benzene rings is 4. The van der Waals surface area contributed by atoms with E-state index in [1.54, 1.807) is 24.3 Å². The molecule has 0 heterocycles. The molecule has 0 aromatic heterocycles. The molecule has 2 amide bonds. The third kappa shape index (κ3) is 8.32. The standard InChI is InChI=1S/C35H38FN3O4S/c1-4-27(3)37-35(41)33(23-28-11-7-5-8-12-28)38(24-29-13-9-6-10-14-29)34(40)25-39(31-19-15-26(2)16-20-31)44(42,43)32-21-17-30(36)18-22-32/h5-22,27,33H,4,23-25H2,1-3H3,(H,37,41). The van der Waals surface area contributed by atoms with E-state index in [1.807, 2.05) is 81.4 Å². The van der Waals surface area contributed by atoms with Gasteiger partial charge in [0.25, 0.3) is 10.0 Å². The number of hydrogen-bond acceptors (Lipinski definition) is 4. The summed E-state index contributed by atoms with van der Waals surface area (Å²) in [5.41, 5.74) is 2.83. The highest BCUT2D eigenvalue weighted by molar-refractivity contribution is 7.92. The largest absolute Gasteiger partial charge is 0.352 e. The molecule has 4 aromatic rings. The first-order chi connectivity index (χ1) is 21.1. The van der Waals surface area contributed by atoms with Gasteiger partial charge in [-0.2, -0.15) is 0 Å². The fourth-order valence-corrected chi connectivity index (χ4v) is 6.16. The molecule has 0 saturated heterocycles. The number of nitrogens with one attached hydrogen (secondary N) is 1. The summed E-state index contributed by atoms with van der Waals surface area (Å²) in [5, 5.41) is 3.02. The number of halogens is 1. The van der Waals surface area contributed by atoms with Crippen molar-refractivity contribution < 1.29 is 22.4 Å². The van der Waals surface area contributed by atoms with Crippen LogP contribution < -0.4 is 9.62 Å². The van der Waals surface area contributed by atoms with E-state index in [2.05, 4.69) is 5.32 Å². The Morgan fingerprint density at radius 2 is 1.39 bits per heavy atom. The summed E-state index contributed by atoms with van der Waals surface area (Å²) in [7, 11) is -4.29. The number of sulfonamides is 1. The van der Waals surface area contributed by atoms with Gasteiger partial charge in [-0.25, -0.2) is 12.8 Å². The van der Waals surface area contributed by atoms with Crippen LogP contribution in [0.5, 0.6) is 0 Å². The molecular formula is C35H38FN3O4S. The van der Waals surface area contributed by atoms with E-state index in [1.165, 1.54) is 17.0 Å². The van der Waals surface area contributed by atoms with Gasteiger partial charge in [-0.05, 0) is 67.8 Å². The van der Waals surface area contributed by atoms with E-state index < -0.39 is 34.3 Å². The van der Waals surface area contributed by atoms with E-state index >= 15 is 0 Å². The zero-order valence-electron chi connectivity index (χ0n) is 25.2. The number of aryl methyl sites for hydroxylation is 1. The third-order valence-corrected chi connectivity index (χ3v) is 9.26. The molecule has 9 heteroatoms. The maximum Gasteiger partial charge on any atom is 0.264 e. The number of carbonyl (C=O) groups excluding carboxylic acids is 2. The van der Waals surface area contributed by atoms with Crippen molar-refractivity contribution in [3.8, 4) is 0 Å². The molecule has 4 rings (SSSR count). The van der Waals surface area contributed by atoms with Crippen LogP contribution in [0.4, 0.5) is 10.1 Å². The van der Waals surface area contributed by atoms with Crippen LogP contribution in [0, 0.1) is 12.7 Å². The lowest BCUT2D eigenvalue weighted by molar-refractivity contribution is -0.140. The Bertz CT molecular complexity index is 1630. The summed E-state index contributed by atoms with van der Waals surface area (Å²) in [6, 6.07) is 28.9. The third-order valence-electron chi connectivity index (χ3n) is 7.47. The van der Waals surface area contributed by atoms with Crippen LogP contribution in [0.15, 0.2) is 114 Å². The zero-order chi connectivity index (χ0) is 31.7. The van der Waals surface area contributed by atoms with Gasteiger partial charge < -0.3 is 10.2 Å². The topological polar surface area (TPSA) is 86.8 Å². The smallest absolute Gasteiger partial charge is 0.264 e. The molecule has 230 valence electrons. The molecule has 0 bridgehead atoms. The summed E-state index contributed by atoms with van der Waals surface area (Å²) < 4.78 is 42.7. The molecule has 0 spiro atoms. The zero-order valence-corrected chi connectivity index (χ0v) is 26.0. The highest BCUT2D eigenvalue weighted by Gasteiger charge is 2.35. The van der Waals surface area contributed by atoms with Gasteiger partial charge in [0.05, 0.1) is 10.6 Å². The Labute approximate surface area is 259 Å². The highest BCUT2D eigenvalue weighted by atomic mass is 32.2. The quantitative estimate of drug-likeness (QED) is 0.203. The van der Waals surface area contributed by atoms with Gasteiger partial charge in [0.15, 0.2) is 0 Å². The number of anilines is 1. The molecule has 2 unspecified atom stereocenters. The molecule has 4 aromatic carbocycles. The fraction of sp³-hybridized carbons (Fsp3) is 0.257. The minimum atomic E-state index is -4.29. The predicted octanol–water partition coefficient (Wildman–Crippen LogP) is 5.88. The molecule has 2 atom stereocenters. The second kappa shape index (κ2) is 14.8. The Morgan fingerprint density at radius 1 is 0.818 bits per heavy atom. The van der Waals surface area contributed by atoms with E-state index in [0.29, 0.717) is 6.42 Å². The van der Waals surface area contributed by atoms with Gasteiger partial charge in [0.1, 0.15) is 18.4 Å². The lowest BCUT2D eigenvalue weighted by Crippen LogP contribution is -2.54. The Balaban J connectivity index is 1.79. The first-order valence-corrected chi connectivity index (χ1v) is 16.0. The fourth-order valence-electron chi connectivity index (χ4n) is 4.75. The number of rotatable bonds is 13. The van der Waals surface area contributed by atoms with Gasteiger partial charge in [-0.1, -0.05) is 85.3 Å². The van der Waals surface area contributed by atoms with Crippen LogP contribution in [0.1, 0.15) is 37.0 Å². The summed E-state index contributed by atoms with van der Waals surface area (Å²) >= 11 is 0. The van der Waals surface area contributed by atoms with Crippen molar-refractivity contribution in [2.75, 3.05) is 10.8 Å². The van der Waals surface area contributed by atoms with Crippen molar-refractivity contribution in [1.29, 1.82) is 0 Å². The molecule has 0 aliphatic heterocycles. The average molecular weight is 616 g/mol. The summed E-state index contributed by atoms with van der Waals surface area (Å²) in [4.78, 5) is 29.5. The van der Waals surface area contributed by atoms with Crippen LogP contribution in [0.25, 0.3) is 0 Å². The van der Waals surface area contributed by atoms with Gasteiger partial charge >= 0.3 is 0 Å². The molecule has 0 radical (unpaired) electrons. The average Bonchev–Trinajstić information content (AvgIpc) is 3.03. The number of nitrogens with zero attached hydrogens (tertiary/aromatic N) is 2. The van der Waals surface area contributed by atoms with E-state index in [4.69, 9.17) is 0 Å². The van der Waals surface area contributed by atoms with E-state index in [-0.39, 0.29) is 35.5 Å². The normalized spacial score (nSPS) is 12.6. The summed E-state index contributed by atoms with van der Waals surface area (Å²) in [5.74, 6) is -1.46. The Morgan fingerprint density at radius 3 is 1.95 bits per heavy atom. The van der Waals surface area contributed by atoms with E-state index in [0.717, 1.165) is 33.1 Å².